The van der Waals surface area contributed by atoms with Gasteiger partial charge in [-0.2, -0.15) is 9.61 Å². The van der Waals surface area contributed by atoms with Crippen LogP contribution in [0, 0.1) is 0 Å². The summed E-state index contributed by atoms with van der Waals surface area (Å²) in [7, 11) is 4.40. The highest BCUT2D eigenvalue weighted by molar-refractivity contribution is 7.16. The number of carbonyl (C=O) groups excluding carboxylic acids is 1. The van der Waals surface area contributed by atoms with E-state index in [0.29, 0.717) is 27.9 Å². The average molecular weight is 433 g/mol. The molecule has 2 aromatic heterocycles. The quantitative estimate of drug-likeness (QED) is 0.475. The predicted octanol–water partition coefficient (Wildman–Crippen LogP) is 2.88. The van der Waals surface area contributed by atoms with Crippen molar-refractivity contribution in [3.05, 3.63) is 44.8 Å². The van der Waals surface area contributed by atoms with Crippen molar-refractivity contribution in [1.29, 1.82) is 0 Å². The van der Waals surface area contributed by atoms with E-state index >= 15 is 0 Å². The van der Waals surface area contributed by atoms with E-state index in [4.69, 9.17) is 18.9 Å². The summed E-state index contributed by atoms with van der Waals surface area (Å²) in [5.74, 6) is 0.446. The maximum atomic E-state index is 12.5. The number of unbranched alkanes of at least 4 members (excludes halogenated alkanes) is 1. The number of nitrogens with zero attached hydrogens (tertiary/aromatic N) is 3. The zero-order valence-electron chi connectivity index (χ0n) is 17.3. The van der Waals surface area contributed by atoms with Gasteiger partial charge in [0.1, 0.15) is 11.6 Å². The SMILES string of the molecule is CCCCc1nn2c(=O)cc(COC(=O)c3cc(OC)c(OC)c(OC)c3)nc2s1. The number of rotatable bonds is 9. The zero-order chi connectivity index (χ0) is 21.7. The van der Waals surface area contributed by atoms with E-state index in [9.17, 15) is 9.59 Å². The first-order chi connectivity index (χ1) is 14.5. The topological polar surface area (TPSA) is 101 Å². The number of carbonyl (C=O) groups is 1. The van der Waals surface area contributed by atoms with Crippen molar-refractivity contribution in [3.8, 4) is 17.2 Å². The molecule has 3 aromatic rings. The molecular weight excluding hydrogens is 410 g/mol. The van der Waals surface area contributed by atoms with E-state index in [1.807, 2.05) is 0 Å². The summed E-state index contributed by atoms with van der Waals surface area (Å²) >= 11 is 1.36. The van der Waals surface area contributed by atoms with Crippen LogP contribution in [0.4, 0.5) is 0 Å². The van der Waals surface area contributed by atoms with Gasteiger partial charge in [0.15, 0.2) is 11.5 Å². The first-order valence-corrected chi connectivity index (χ1v) is 10.2. The molecule has 0 bridgehead atoms. The van der Waals surface area contributed by atoms with Crippen LogP contribution in [0.3, 0.4) is 0 Å². The molecule has 0 N–H and O–H groups in total. The van der Waals surface area contributed by atoms with Gasteiger partial charge >= 0.3 is 5.97 Å². The highest BCUT2D eigenvalue weighted by atomic mass is 32.1. The van der Waals surface area contributed by atoms with Crippen LogP contribution in [0.25, 0.3) is 4.96 Å². The van der Waals surface area contributed by atoms with Gasteiger partial charge in [-0.3, -0.25) is 4.79 Å². The van der Waals surface area contributed by atoms with Gasteiger partial charge in [-0.1, -0.05) is 24.7 Å². The number of methoxy groups -OCH3 is 3. The molecule has 160 valence electrons. The molecule has 9 nitrogen and oxygen atoms in total. The van der Waals surface area contributed by atoms with Gasteiger partial charge in [-0.25, -0.2) is 9.78 Å². The van der Waals surface area contributed by atoms with Gasteiger partial charge in [-0.15, -0.1) is 0 Å². The van der Waals surface area contributed by atoms with Gasteiger partial charge in [0.2, 0.25) is 10.7 Å². The Morgan fingerprint density at radius 1 is 1.10 bits per heavy atom. The molecule has 2 heterocycles. The van der Waals surface area contributed by atoms with E-state index in [-0.39, 0.29) is 17.7 Å². The number of esters is 1. The number of ether oxygens (including phenoxy) is 4. The molecule has 3 rings (SSSR count). The number of fused-ring (bicyclic) bond motifs is 1. The van der Waals surface area contributed by atoms with Gasteiger partial charge < -0.3 is 18.9 Å². The molecule has 10 heteroatoms. The lowest BCUT2D eigenvalue weighted by atomic mass is 10.2. The second-order valence-electron chi connectivity index (χ2n) is 6.37. The molecule has 30 heavy (non-hydrogen) atoms. The van der Waals surface area contributed by atoms with Gasteiger partial charge in [0.25, 0.3) is 5.56 Å². The molecule has 0 fully saturated rings. The van der Waals surface area contributed by atoms with Crippen molar-refractivity contribution in [1.82, 2.24) is 14.6 Å². The third-order valence-electron chi connectivity index (χ3n) is 4.34. The van der Waals surface area contributed by atoms with Crippen molar-refractivity contribution in [2.75, 3.05) is 21.3 Å². The van der Waals surface area contributed by atoms with Crippen molar-refractivity contribution < 1.29 is 23.7 Å². The Labute approximate surface area is 177 Å². The molecule has 0 saturated heterocycles. The van der Waals surface area contributed by atoms with E-state index in [2.05, 4.69) is 17.0 Å². The molecule has 0 saturated carbocycles. The minimum Gasteiger partial charge on any atom is -0.493 e. The average Bonchev–Trinajstić information content (AvgIpc) is 3.18. The van der Waals surface area contributed by atoms with Crippen LogP contribution in [0.2, 0.25) is 0 Å². The first kappa shape index (κ1) is 21.6. The summed E-state index contributed by atoms with van der Waals surface area (Å²) in [5.41, 5.74) is 0.270. The van der Waals surface area contributed by atoms with Crippen molar-refractivity contribution in [2.24, 2.45) is 0 Å². The fourth-order valence-electron chi connectivity index (χ4n) is 2.82. The molecule has 0 aliphatic rings. The fraction of sp³-hybridized carbons (Fsp3) is 0.400. The summed E-state index contributed by atoms with van der Waals surface area (Å²) in [5, 5.41) is 5.16. The molecule has 0 unspecified atom stereocenters. The second kappa shape index (κ2) is 9.57. The van der Waals surface area contributed by atoms with Gasteiger partial charge in [0, 0.05) is 12.5 Å². The summed E-state index contributed by atoms with van der Waals surface area (Å²) in [6.07, 6.45) is 2.84. The normalized spacial score (nSPS) is 10.8. The van der Waals surface area contributed by atoms with E-state index in [1.54, 1.807) is 0 Å². The Kier molecular flexibility index (Phi) is 6.88. The Morgan fingerprint density at radius 2 is 1.80 bits per heavy atom. The van der Waals surface area contributed by atoms with Crippen LogP contribution in [-0.2, 0) is 17.8 Å². The van der Waals surface area contributed by atoms with Crippen molar-refractivity contribution in [3.63, 3.8) is 0 Å². The highest BCUT2D eigenvalue weighted by Gasteiger charge is 2.18. The van der Waals surface area contributed by atoms with E-state index < -0.39 is 5.97 Å². The maximum Gasteiger partial charge on any atom is 0.338 e. The molecule has 0 amide bonds. The summed E-state index contributed by atoms with van der Waals surface area (Å²) in [6.45, 7) is 1.95. The Bertz CT molecular complexity index is 1080. The van der Waals surface area contributed by atoms with Gasteiger partial charge in [0.05, 0.1) is 32.6 Å². The molecular formula is C20H23N3O6S. The fourth-order valence-corrected chi connectivity index (χ4v) is 3.78. The first-order valence-electron chi connectivity index (χ1n) is 9.36. The third-order valence-corrected chi connectivity index (χ3v) is 5.30. The van der Waals surface area contributed by atoms with Crippen LogP contribution >= 0.6 is 11.3 Å². The standard InChI is InChI=1S/C20H23N3O6S/c1-5-6-7-16-22-23-17(24)10-13(21-20(23)30-16)11-29-19(25)12-8-14(26-2)18(28-4)15(9-12)27-3/h8-10H,5-7,11H2,1-4H3. The lowest BCUT2D eigenvalue weighted by Gasteiger charge is -2.13. The Morgan fingerprint density at radius 3 is 2.40 bits per heavy atom. The maximum absolute atomic E-state index is 12.5. The molecule has 0 atom stereocenters. The molecule has 0 aliphatic heterocycles. The van der Waals surface area contributed by atoms with E-state index in [1.165, 1.54) is 55.4 Å². The molecule has 0 spiro atoms. The van der Waals surface area contributed by atoms with E-state index in [0.717, 1.165) is 24.3 Å². The lowest BCUT2D eigenvalue weighted by Crippen LogP contribution is -2.16. The highest BCUT2D eigenvalue weighted by Crippen LogP contribution is 2.38. The van der Waals surface area contributed by atoms with Gasteiger partial charge in [-0.05, 0) is 18.6 Å². The smallest absolute Gasteiger partial charge is 0.338 e. The molecule has 1 aromatic carbocycles. The largest absolute Gasteiger partial charge is 0.493 e. The molecule has 0 radical (unpaired) electrons. The zero-order valence-corrected chi connectivity index (χ0v) is 18.1. The lowest BCUT2D eigenvalue weighted by molar-refractivity contribution is 0.0467. The molecule has 0 aliphatic carbocycles. The van der Waals surface area contributed by atoms with Crippen LogP contribution in [0.15, 0.2) is 23.0 Å². The van der Waals surface area contributed by atoms with Crippen LogP contribution in [0.1, 0.15) is 40.8 Å². The third kappa shape index (κ3) is 4.54. The minimum absolute atomic E-state index is 0.149. The minimum atomic E-state index is -0.607. The second-order valence-corrected chi connectivity index (χ2v) is 7.41. The number of aromatic nitrogens is 3. The monoisotopic (exact) mass is 433 g/mol. The van der Waals surface area contributed by atoms with Crippen molar-refractivity contribution in [2.45, 2.75) is 32.8 Å². The summed E-state index contributed by atoms with van der Waals surface area (Å²) in [4.78, 5) is 29.7. The number of hydrogen-bond donors (Lipinski definition) is 0. The number of aryl methyl sites for hydroxylation is 1. The Hall–Kier alpha value is -3.14. The van der Waals surface area contributed by atoms with Crippen LogP contribution in [-0.4, -0.2) is 41.9 Å². The number of benzene rings is 1. The predicted molar refractivity (Wildman–Crippen MR) is 111 cm³/mol. The summed E-state index contributed by atoms with van der Waals surface area (Å²) < 4.78 is 22.4. The number of hydrogen-bond acceptors (Lipinski definition) is 9. The van der Waals surface area contributed by atoms with Crippen LogP contribution < -0.4 is 19.8 Å². The Balaban J connectivity index is 1.79. The van der Waals surface area contributed by atoms with Crippen molar-refractivity contribution >= 4 is 22.3 Å². The summed E-state index contributed by atoms with van der Waals surface area (Å²) in [6, 6.07) is 4.32. The van der Waals surface area contributed by atoms with Crippen LogP contribution in [0.5, 0.6) is 17.2 Å².